The number of amides is 1. The molecule has 7 heteroatoms. The molecule has 132 valence electrons. The number of hydrogen-bond donors (Lipinski definition) is 2. The maximum Gasteiger partial charge on any atom is 0.391 e. The number of nitrogens with zero attached hydrogens (tertiary/aromatic N) is 1. The number of aliphatic hydroxyl groups is 1. The van der Waals surface area contributed by atoms with E-state index in [0.29, 0.717) is 12.8 Å². The topological polar surface area (TPSA) is 62.2 Å². The van der Waals surface area contributed by atoms with Gasteiger partial charge in [-0.05, 0) is 49.7 Å². The molecule has 0 saturated heterocycles. The van der Waals surface area contributed by atoms with Crippen molar-refractivity contribution in [3.63, 3.8) is 0 Å². The summed E-state index contributed by atoms with van der Waals surface area (Å²) in [6.07, 6.45) is 0.117. The second-order valence-corrected chi connectivity index (χ2v) is 7.01. The van der Waals surface area contributed by atoms with E-state index in [1.165, 1.54) is 0 Å². The van der Waals surface area contributed by atoms with Crippen molar-refractivity contribution >= 4 is 5.91 Å². The monoisotopic (exact) mass is 342 g/mol. The molecule has 0 aliphatic heterocycles. The van der Waals surface area contributed by atoms with Crippen LogP contribution in [0, 0.1) is 11.8 Å². The molecule has 1 aromatic rings. The summed E-state index contributed by atoms with van der Waals surface area (Å²) < 4.78 is 38.6. The normalized spacial score (nSPS) is 33.1. The van der Waals surface area contributed by atoms with Crippen LogP contribution in [0.3, 0.4) is 0 Å². The number of alkyl halides is 3. The zero-order valence-electron chi connectivity index (χ0n) is 13.2. The van der Waals surface area contributed by atoms with Crippen molar-refractivity contribution in [1.29, 1.82) is 0 Å². The summed E-state index contributed by atoms with van der Waals surface area (Å²) in [6.45, 7) is -0.116. The van der Waals surface area contributed by atoms with Crippen molar-refractivity contribution in [3.05, 3.63) is 30.1 Å². The zero-order chi connectivity index (χ0) is 17.4. The number of nitrogens with one attached hydrogen (secondary N) is 1. The van der Waals surface area contributed by atoms with Crippen molar-refractivity contribution in [1.82, 2.24) is 10.3 Å². The van der Waals surface area contributed by atoms with Crippen LogP contribution in [0.15, 0.2) is 24.5 Å². The Bertz CT molecular complexity index is 593. The molecule has 0 radical (unpaired) electrons. The molecule has 3 rings (SSSR count). The number of halogens is 3. The molecule has 2 aliphatic rings. The standard InChI is InChI=1S/C17H21F3N2O2/c18-17(19,20)12-4-1-5-16(24,8-12)10-22-15(23)14-7-13(14)11-3-2-6-21-9-11/h2-3,6,9,12-14,24H,1,4-5,7-8,10H2,(H,22,23)/t12-,13+,14-,16-/m1/s1. The van der Waals surface area contributed by atoms with Gasteiger partial charge in [-0.3, -0.25) is 9.78 Å². The van der Waals surface area contributed by atoms with E-state index >= 15 is 0 Å². The van der Waals surface area contributed by atoms with Gasteiger partial charge < -0.3 is 10.4 Å². The van der Waals surface area contributed by atoms with Crippen molar-refractivity contribution < 1.29 is 23.1 Å². The van der Waals surface area contributed by atoms with Gasteiger partial charge in [0.05, 0.1) is 11.5 Å². The average Bonchev–Trinajstić information content (AvgIpc) is 3.33. The summed E-state index contributed by atoms with van der Waals surface area (Å²) in [6, 6.07) is 3.72. The van der Waals surface area contributed by atoms with E-state index in [4.69, 9.17) is 0 Å². The van der Waals surface area contributed by atoms with Gasteiger partial charge in [0.25, 0.3) is 0 Å². The smallest absolute Gasteiger partial charge is 0.388 e. The third-order valence-corrected chi connectivity index (χ3v) is 5.12. The van der Waals surface area contributed by atoms with E-state index in [1.807, 2.05) is 12.1 Å². The highest BCUT2D eigenvalue weighted by atomic mass is 19.4. The molecule has 24 heavy (non-hydrogen) atoms. The Balaban J connectivity index is 1.51. The maximum absolute atomic E-state index is 12.9. The highest BCUT2D eigenvalue weighted by Crippen LogP contribution is 2.47. The lowest BCUT2D eigenvalue weighted by Crippen LogP contribution is -2.48. The largest absolute Gasteiger partial charge is 0.391 e. The van der Waals surface area contributed by atoms with Crippen LogP contribution < -0.4 is 5.32 Å². The fraction of sp³-hybridized carbons (Fsp3) is 0.647. The second-order valence-electron chi connectivity index (χ2n) is 7.01. The molecule has 1 aromatic heterocycles. The minimum absolute atomic E-state index is 0.0471. The first-order valence-electron chi connectivity index (χ1n) is 8.25. The van der Waals surface area contributed by atoms with E-state index in [9.17, 15) is 23.1 Å². The molecule has 2 saturated carbocycles. The van der Waals surface area contributed by atoms with Crippen molar-refractivity contribution in [2.45, 2.75) is 49.8 Å². The quantitative estimate of drug-likeness (QED) is 0.884. The van der Waals surface area contributed by atoms with E-state index in [-0.39, 0.29) is 43.6 Å². The predicted molar refractivity (Wildman–Crippen MR) is 81.1 cm³/mol. The first kappa shape index (κ1) is 17.2. The maximum atomic E-state index is 12.9. The Hall–Kier alpha value is -1.63. The van der Waals surface area contributed by atoms with Crippen LogP contribution >= 0.6 is 0 Å². The van der Waals surface area contributed by atoms with Crippen LogP contribution in [0.25, 0.3) is 0 Å². The van der Waals surface area contributed by atoms with Gasteiger partial charge in [0.2, 0.25) is 5.91 Å². The minimum atomic E-state index is -4.29. The summed E-state index contributed by atoms with van der Waals surface area (Å²) in [4.78, 5) is 16.2. The van der Waals surface area contributed by atoms with Gasteiger partial charge in [0.1, 0.15) is 0 Å². The Morgan fingerprint density at radius 3 is 2.92 bits per heavy atom. The van der Waals surface area contributed by atoms with Crippen LogP contribution in [0.2, 0.25) is 0 Å². The van der Waals surface area contributed by atoms with Gasteiger partial charge in [0, 0.05) is 24.9 Å². The van der Waals surface area contributed by atoms with Crippen LogP contribution in [-0.2, 0) is 4.79 Å². The SMILES string of the molecule is O=C(NC[C@@]1(O)CCC[C@@H](C(F)(F)F)C1)[C@@H]1C[C@H]1c1cccnc1. The first-order valence-corrected chi connectivity index (χ1v) is 8.25. The molecule has 0 spiro atoms. The van der Waals surface area contributed by atoms with Gasteiger partial charge in [-0.1, -0.05) is 6.07 Å². The number of rotatable bonds is 4. The lowest BCUT2D eigenvalue weighted by molar-refractivity contribution is -0.199. The summed E-state index contributed by atoms with van der Waals surface area (Å²) in [5.74, 6) is -1.76. The molecular formula is C17H21F3N2O2. The Kier molecular flexibility index (Phi) is 4.55. The van der Waals surface area contributed by atoms with Crippen LogP contribution in [0.1, 0.15) is 43.6 Å². The fourth-order valence-corrected chi connectivity index (χ4v) is 3.61. The third-order valence-electron chi connectivity index (χ3n) is 5.12. The molecule has 1 amide bonds. The molecule has 0 aromatic carbocycles. The summed E-state index contributed by atoms with van der Waals surface area (Å²) in [5.41, 5.74) is -0.474. The van der Waals surface area contributed by atoms with Crippen LogP contribution in [0.4, 0.5) is 13.2 Å². The minimum Gasteiger partial charge on any atom is -0.388 e. The van der Waals surface area contributed by atoms with Crippen molar-refractivity contribution in [2.24, 2.45) is 11.8 Å². The molecule has 1 heterocycles. The van der Waals surface area contributed by atoms with E-state index in [1.54, 1.807) is 12.4 Å². The van der Waals surface area contributed by atoms with Gasteiger partial charge in [-0.25, -0.2) is 0 Å². The molecule has 0 unspecified atom stereocenters. The molecule has 2 fully saturated rings. The fourth-order valence-electron chi connectivity index (χ4n) is 3.61. The first-order chi connectivity index (χ1) is 11.3. The number of pyridine rings is 1. The van der Waals surface area contributed by atoms with Gasteiger partial charge in [0.15, 0.2) is 0 Å². The van der Waals surface area contributed by atoms with Gasteiger partial charge in [-0.15, -0.1) is 0 Å². The lowest BCUT2D eigenvalue weighted by Gasteiger charge is -2.37. The molecule has 2 aliphatic carbocycles. The predicted octanol–water partition coefficient (Wildman–Crippen LogP) is 2.78. The summed E-state index contributed by atoms with van der Waals surface area (Å²) in [7, 11) is 0. The van der Waals surface area contributed by atoms with E-state index in [0.717, 1.165) is 5.56 Å². The molecular weight excluding hydrogens is 321 g/mol. The highest BCUT2D eigenvalue weighted by molar-refractivity contribution is 5.82. The Morgan fingerprint density at radius 2 is 2.25 bits per heavy atom. The molecule has 0 bridgehead atoms. The lowest BCUT2D eigenvalue weighted by atomic mass is 9.77. The molecule has 4 atom stereocenters. The molecule has 4 nitrogen and oxygen atoms in total. The number of aromatic nitrogens is 1. The zero-order valence-corrected chi connectivity index (χ0v) is 13.2. The van der Waals surface area contributed by atoms with Crippen molar-refractivity contribution in [2.75, 3.05) is 6.54 Å². The number of carbonyl (C=O) groups is 1. The average molecular weight is 342 g/mol. The van der Waals surface area contributed by atoms with Gasteiger partial charge in [-0.2, -0.15) is 13.2 Å². The number of hydrogen-bond acceptors (Lipinski definition) is 3. The summed E-state index contributed by atoms with van der Waals surface area (Å²) >= 11 is 0. The second kappa shape index (κ2) is 6.35. The highest BCUT2D eigenvalue weighted by Gasteiger charge is 2.48. The van der Waals surface area contributed by atoms with Crippen LogP contribution in [0.5, 0.6) is 0 Å². The third kappa shape index (κ3) is 3.88. The Labute approximate surface area is 138 Å². The van der Waals surface area contributed by atoms with E-state index in [2.05, 4.69) is 10.3 Å². The number of carbonyl (C=O) groups excluding carboxylic acids is 1. The summed E-state index contributed by atoms with van der Waals surface area (Å²) in [5, 5.41) is 13.1. The molecule has 2 N–H and O–H groups in total. The van der Waals surface area contributed by atoms with Crippen molar-refractivity contribution in [3.8, 4) is 0 Å². The van der Waals surface area contributed by atoms with Gasteiger partial charge >= 0.3 is 6.18 Å². The van der Waals surface area contributed by atoms with E-state index < -0.39 is 17.7 Å². The van der Waals surface area contributed by atoms with Crippen LogP contribution in [-0.4, -0.2) is 34.3 Å². The Morgan fingerprint density at radius 1 is 1.46 bits per heavy atom.